The molecule has 7 aromatic rings. The highest BCUT2D eigenvalue weighted by Crippen LogP contribution is 2.37. The van der Waals surface area contributed by atoms with E-state index in [0.717, 1.165) is 5.75 Å². The highest BCUT2D eigenvalue weighted by molar-refractivity contribution is 7.79. The summed E-state index contributed by atoms with van der Waals surface area (Å²) in [5.74, 6) is 0.725. The summed E-state index contributed by atoms with van der Waals surface area (Å²) in [6.45, 7) is 0. The van der Waals surface area contributed by atoms with Crippen LogP contribution in [0.2, 0.25) is 0 Å². The first-order chi connectivity index (χ1) is 21.7. The van der Waals surface area contributed by atoms with E-state index in [4.69, 9.17) is 0 Å². The van der Waals surface area contributed by atoms with Crippen molar-refractivity contribution in [3.63, 3.8) is 0 Å². The largest absolute Gasteiger partial charge is 0.175 e. The van der Waals surface area contributed by atoms with E-state index in [-0.39, 0.29) is 0 Å². The van der Waals surface area contributed by atoms with E-state index in [1.165, 1.54) is 72.3 Å². The van der Waals surface area contributed by atoms with Crippen LogP contribution in [-0.4, -0.2) is 0 Å². The van der Waals surface area contributed by atoms with Crippen LogP contribution in [0.1, 0.15) is 5.56 Å². The van der Waals surface area contributed by atoms with E-state index in [1.807, 2.05) is 0 Å². The summed E-state index contributed by atoms with van der Waals surface area (Å²) in [4.78, 5) is 0. The van der Waals surface area contributed by atoms with Crippen molar-refractivity contribution in [2.24, 2.45) is 0 Å². The summed E-state index contributed by atoms with van der Waals surface area (Å²) in [5, 5.41) is 0. The fraction of sp³-hybridized carbons (Fsp3) is 0.0233. The maximum Gasteiger partial charge on any atom is 0.0154 e. The van der Waals surface area contributed by atoms with E-state index in [0.29, 0.717) is 0 Å². The van der Waals surface area contributed by atoms with Crippen LogP contribution in [0.25, 0.3) is 66.8 Å². The SMILES string of the molecule is SCc1cccc(-c2cccc(-c3cc(-c4cccc(-c5ccccc5)c4)cc(-c4cccc(-c5ccccc5)c4)c3)c2)c1. The molecular formula is C43H32S. The van der Waals surface area contributed by atoms with Crippen molar-refractivity contribution in [2.75, 3.05) is 0 Å². The van der Waals surface area contributed by atoms with Gasteiger partial charge in [-0.25, -0.2) is 0 Å². The molecule has 210 valence electrons. The van der Waals surface area contributed by atoms with E-state index in [9.17, 15) is 0 Å². The van der Waals surface area contributed by atoms with Crippen LogP contribution in [0.4, 0.5) is 0 Å². The minimum Gasteiger partial charge on any atom is -0.175 e. The van der Waals surface area contributed by atoms with Crippen molar-refractivity contribution < 1.29 is 0 Å². The van der Waals surface area contributed by atoms with Gasteiger partial charge in [0.05, 0.1) is 0 Å². The van der Waals surface area contributed by atoms with Crippen molar-refractivity contribution in [3.8, 4) is 66.8 Å². The zero-order chi connectivity index (χ0) is 29.7. The molecule has 0 atom stereocenters. The van der Waals surface area contributed by atoms with Gasteiger partial charge in [-0.1, -0.05) is 140 Å². The molecule has 0 aliphatic carbocycles. The summed E-state index contributed by atoms with van der Waals surface area (Å²) in [6, 6.07) is 63.5. The molecule has 0 aliphatic heterocycles. The van der Waals surface area contributed by atoms with Gasteiger partial charge in [0.1, 0.15) is 0 Å². The first-order valence-corrected chi connectivity index (χ1v) is 15.6. The Morgan fingerprint density at radius 3 is 0.909 bits per heavy atom. The summed E-state index contributed by atoms with van der Waals surface area (Å²) in [6.07, 6.45) is 0. The van der Waals surface area contributed by atoms with Crippen LogP contribution >= 0.6 is 12.6 Å². The molecule has 0 bridgehead atoms. The predicted octanol–water partition coefficient (Wildman–Crippen LogP) is 12.1. The van der Waals surface area contributed by atoms with Gasteiger partial charge < -0.3 is 0 Å². The van der Waals surface area contributed by atoms with Crippen LogP contribution in [0, 0.1) is 0 Å². The third-order valence-corrected chi connectivity index (χ3v) is 8.54. The van der Waals surface area contributed by atoms with Gasteiger partial charge in [-0.15, -0.1) is 0 Å². The van der Waals surface area contributed by atoms with Gasteiger partial charge in [-0.2, -0.15) is 12.6 Å². The highest BCUT2D eigenvalue weighted by atomic mass is 32.1. The van der Waals surface area contributed by atoms with E-state index < -0.39 is 0 Å². The van der Waals surface area contributed by atoms with Crippen molar-refractivity contribution in [1.82, 2.24) is 0 Å². The van der Waals surface area contributed by atoms with Gasteiger partial charge in [0, 0.05) is 5.75 Å². The molecule has 0 N–H and O–H groups in total. The van der Waals surface area contributed by atoms with Crippen molar-refractivity contribution in [1.29, 1.82) is 0 Å². The lowest BCUT2D eigenvalue weighted by Crippen LogP contribution is -1.89. The first kappa shape index (κ1) is 27.7. The number of hydrogen-bond acceptors (Lipinski definition) is 1. The van der Waals surface area contributed by atoms with Gasteiger partial charge in [0.25, 0.3) is 0 Å². The van der Waals surface area contributed by atoms with Crippen molar-refractivity contribution >= 4 is 12.6 Å². The van der Waals surface area contributed by atoms with Gasteiger partial charge in [0.15, 0.2) is 0 Å². The second kappa shape index (κ2) is 12.6. The molecule has 0 aromatic heterocycles. The summed E-state index contributed by atoms with van der Waals surface area (Å²) >= 11 is 4.50. The quantitative estimate of drug-likeness (QED) is 0.178. The van der Waals surface area contributed by atoms with Crippen LogP contribution in [0.3, 0.4) is 0 Å². The Morgan fingerprint density at radius 1 is 0.250 bits per heavy atom. The molecule has 0 unspecified atom stereocenters. The summed E-state index contributed by atoms with van der Waals surface area (Å²) < 4.78 is 0. The van der Waals surface area contributed by atoms with Crippen molar-refractivity contribution in [3.05, 3.63) is 181 Å². The van der Waals surface area contributed by atoms with Crippen LogP contribution < -0.4 is 0 Å². The zero-order valence-corrected chi connectivity index (χ0v) is 25.3. The Bertz CT molecular complexity index is 1940. The Kier molecular flexibility index (Phi) is 7.95. The predicted molar refractivity (Wildman–Crippen MR) is 192 cm³/mol. The average Bonchev–Trinajstić information content (AvgIpc) is 3.12. The fourth-order valence-electron chi connectivity index (χ4n) is 5.87. The molecule has 0 heterocycles. The van der Waals surface area contributed by atoms with E-state index in [1.54, 1.807) is 0 Å². The molecule has 0 spiro atoms. The molecule has 0 fully saturated rings. The third-order valence-electron chi connectivity index (χ3n) is 8.18. The maximum absolute atomic E-state index is 4.50. The minimum atomic E-state index is 0.725. The monoisotopic (exact) mass is 580 g/mol. The smallest absolute Gasteiger partial charge is 0.0154 e. The second-order valence-electron chi connectivity index (χ2n) is 11.1. The van der Waals surface area contributed by atoms with Crippen LogP contribution in [0.5, 0.6) is 0 Å². The molecule has 0 saturated heterocycles. The Balaban J connectivity index is 1.37. The summed E-state index contributed by atoms with van der Waals surface area (Å²) in [5.41, 5.74) is 15.7. The lowest BCUT2D eigenvalue weighted by Gasteiger charge is -2.14. The molecule has 0 nitrogen and oxygen atoms in total. The van der Waals surface area contributed by atoms with Gasteiger partial charge in [-0.3, -0.25) is 0 Å². The molecular weight excluding hydrogens is 549 g/mol. The van der Waals surface area contributed by atoms with Gasteiger partial charge in [0.2, 0.25) is 0 Å². The lowest BCUT2D eigenvalue weighted by atomic mass is 9.90. The molecule has 0 aliphatic rings. The van der Waals surface area contributed by atoms with Crippen LogP contribution in [-0.2, 0) is 5.75 Å². The van der Waals surface area contributed by atoms with Crippen LogP contribution in [0.15, 0.2) is 176 Å². The Morgan fingerprint density at radius 2 is 0.523 bits per heavy atom. The standard InChI is InChI=1S/C43H32S/c44-30-31-11-7-16-34(23-31)37-19-10-22-40(26-37)43-28-41(38-20-8-17-35(24-38)32-12-3-1-4-13-32)27-42(29-43)39-21-9-18-36(25-39)33-14-5-2-6-15-33/h1-29,44H,30H2. The Labute approximate surface area is 265 Å². The number of thiol groups is 1. The molecule has 0 radical (unpaired) electrons. The number of benzene rings is 7. The van der Waals surface area contributed by atoms with Gasteiger partial charge >= 0.3 is 0 Å². The number of rotatable bonds is 7. The maximum atomic E-state index is 4.50. The first-order valence-electron chi connectivity index (χ1n) is 15.0. The Hall–Kier alpha value is -5.11. The van der Waals surface area contributed by atoms with E-state index in [2.05, 4.69) is 189 Å². The zero-order valence-electron chi connectivity index (χ0n) is 24.4. The third kappa shape index (κ3) is 6.01. The number of hydrogen-bond donors (Lipinski definition) is 1. The van der Waals surface area contributed by atoms with Crippen molar-refractivity contribution in [2.45, 2.75) is 5.75 Å². The molecule has 1 heteroatoms. The topological polar surface area (TPSA) is 0 Å². The minimum absolute atomic E-state index is 0.725. The summed E-state index contributed by atoms with van der Waals surface area (Å²) in [7, 11) is 0. The molecule has 0 saturated carbocycles. The van der Waals surface area contributed by atoms with Gasteiger partial charge in [-0.05, 0) is 109 Å². The average molecular weight is 581 g/mol. The normalized spacial score (nSPS) is 10.9. The second-order valence-corrected chi connectivity index (χ2v) is 11.4. The molecule has 7 rings (SSSR count). The molecule has 7 aromatic carbocycles. The molecule has 0 amide bonds. The highest BCUT2D eigenvalue weighted by Gasteiger charge is 2.11. The lowest BCUT2D eigenvalue weighted by molar-refractivity contribution is 1.42. The fourth-order valence-corrected chi connectivity index (χ4v) is 6.07. The molecule has 44 heavy (non-hydrogen) atoms. The van der Waals surface area contributed by atoms with E-state index >= 15 is 0 Å².